The van der Waals surface area contributed by atoms with E-state index in [2.05, 4.69) is 5.10 Å². The van der Waals surface area contributed by atoms with Gasteiger partial charge in [0.15, 0.2) is 0 Å². The third-order valence-corrected chi connectivity index (χ3v) is 5.19. The summed E-state index contributed by atoms with van der Waals surface area (Å²) in [7, 11) is 1.80. The van der Waals surface area contributed by atoms with Crippen molar-refractivity contribution in [1.29, 1.82) is 0 Å². The maximum absolute atomic E-state index is 12.4. The van der Waals surface area contributed by atoms with Gasteiger partial charge in [-0.15, -0.1) is 0 Å². The lowest BCUT2D eigenvalue weighted by Crippen LogP contribution is -2.56. The Morgan fingerprint density at radius 3 is 2.57 bits per heavy atom. The third-order valence-electron chi connectivity index (χ3n) is 5.19. The number of aryl methyl sites for hydroxylation is 2. The van der Waals surface area contributed by atoms with Crippen molar-refractivity contribution in [3.8, 4) is 5.75 Å². The van der Waals surface area contributed by atoms with Gasteiger partial charge in [-0.3, -0.25) is 14.3 Å². The van der Waals surface area contributed by atoms with Crippen LogP contribution in [0.3, 0.4) is 0 Å². The predicted octanol–water partition coefficient (Wildman–Crippen LogP) is 0.906. The summed E-state index contributed by atoms with van der Waals surface area (Å²) in [5, 5.41) is 4.55. The van der Waals surface area contributed by atoms with Crippen molar-refractivity contribution in [3.05, 3.63) is 47.0 Å². The van der Waals surface area contributed by atoms with Crippen molar-refractivity contribution in [2.75, 3.05) is 13.2 Å². The summed E-state index contributed by atoms with van der Waals surface area (Å²) in [4.78, 5) is 24.5. The molecule has 9 nitrogen and oxygen atoms in total. The number of amides is 2. The van der Waals surface area contributed by atoms with Crippen LogP contribution in [0.15, 0.2) is 28.8 Å². The number of carbonyl (C=O) groups is 2. The highest BCUT2D eigenvalue weighted by Crippen LogP contribution is 2.45. The zero-order valence-electron chi connectivity index (χ0n) is 15.5. The number of aromatic nitrogens is 2. The van der Waals surface area contributed by atoms with E-state index in [1.807, 2.05) is 6.07 Å². The van der Waals surface area contributed by atoms with Crippen LogP contribution in [-0.2, 0) is 28.6 Å². The Morgan fingerprint density at radius 1 is 1.29 bits per heavy atom. The van der Waals surface area contributed by atoms with Gasteiger partial charge in [-0.25, -0.2) is 0 Å². The van der Waals surface area contributed by atoms with Gasteiger partial charge in [-0.2, -0.15) is 5.10 Å². The van der Waals surface area contributed by atoms with Crippen molar-refractivity contribution in [2.45, 2.75) is 18.9 Å². The van der Waals surface area contributed by atoms with Crippen molar-refractivity contribution < 1.29 is 23.5 Å². The van der Waals surface area contributed by atoms with Crippen molar-refractivity contribution in [3.63, 3.8) is 0 Å². The van der Waals surface area contributed by atoms with Crippen LogP contribution in [0.5, 0.6) is 5.75 Å². The van der Waals surface area contributed by atoms with Gasteiger partial charge in [0.25, 0.3) is 5.91 Å². The maximum Gasteiger partial charge on any atom is 0.252 e. The minimum Gasteiger partial charge on any atom is -0.487 e. The molecule has 0 radical (unpaired) electrons. The van der Waals surface area contributed by atoms with Crippen LogP contribution >= 0.6 is 0 Å². The number of hydrogen-bond donors (Lipinski definition) is 2. The molecule has 9 heteroatoms. The number of fused-ring (bicyclic) bond motifs is 1. The van der Waals surface area contributed by atoms with E-state index >= 15 is 0 Å². The number of carbonyl (C=O) groups excluding carboxylic acids is 2. The molecule has 1 aliphatic rings. The number of nitrogens with zero attached hydrogens (tertiary/aromatic N) is 2. The fourth-order valence-electron chi connectivity index (χ4n) is 3.59. The molecular weight excluding hydrogens is 364 g/mol. The Labute approximate surface area is 160 Å². The second kappa shape index (κ2) is 6.38. The van der Waals surface area contributed by atoms with Crippen molar-refractivity contribution >= 4 is 22.8 Å². The fourth-order valence-corrected chi connectivity index (χ4v) is 3.59. The standard InChI is InChI=1S/C19H20N4O5/c1-10-14(17(20)24)15-12(28-10)3-4-13(27-7-11-5-6-22-23(11)2)16(15)19(18(21)25)8-26-9-19/h3-6H,7-9H2,1-2H3,(H2,20,24)(H2,21,25). The van der Waals surface area contributed by atoms with Gasteiger partial charge in [-0.1, -0.05) is 0 Å². The molecule has 1 saturated heterocycles. The summed E-state index contributed by atoms with van der Waals surface area (Å²) in [6.45, 7) is 2.04. The monoisotopic (exact) mass is 384 g/mol. The summed E-state index contributed by atoms with van der Waals surface area (Å²) >= 11 is 0. The zero-order chi connectivity index (χ0) is 20.1. The van der Waals surface area contributed by atoms with Crippen molar-refractivity contribution in [1.82, 2.24) is 9.78 Å². The molecule has 1 fully saturated rings. The molecule has 4 rings (SSSR count). The van der Waals surface area contributed by atoms with Crippen LogP contribution in [0, 0.1) is 6.92 Å². The van der Waals surface area contributed by atoms with Crippen LogP contribution in [0.25, 0.3) is 11.0 Å². The van der Waals surface area contributed by atoms with Gasteiger partial charge in [0, 0.05) is 24.2 Å². The molecule has 1 aromatic carbocycles. The summed E-state index contributed by atoms with van der Waals surface area (Å²) < 4.78 is 18.7. The SMILES string of the molecule is Cc1oc2ccc(OCc3ccnn3C)c(C3(C(N)=O)COC3)c2c1C(N)=O. The summed E-state index contributed by atoms with van der Waals surface area (Å²) in [6.07, 6.45) is 1.66. The highest BCUT2D eigenvalue weighted by molar-refractivity contribution is 6.10. The first-order valence-electron chi connectivity index (χ1n) is 8.69. The van der Waals surface area contributed by atoms with Gasteiger partial charge in [-0.05, 0) is 25.1 Å². The van der Waals surface area contributed by atoms with E-state index in [-0.39, 0.29) is 25.4 Å². The van der Waals surface area contributed by atoms with E-state index in [0.29, 0.717) is 28.0 Å². The Kier molecular flexibility index (Phi) is 4.11. The maximum atomic E-state index is 12.4. The number of hydrogen-bond acceptors (Lipinski definition) is 6. The molecular formula is C19H20N4O5. The van der Waals surface area contributed by atoms with E-state index in [9.17, 15) is 9.59 Å². The van der Waals surface area contributed by atoms with Gasteiger partial charge < -0.3 is 25.4 Å². The van der Waals surface area contributed by atoms with E-state index in [1.54, 1.807) is 37.0 Å². The van der Waals surface area contributed by atoms with Crippen molar-refractivity contribution in [2.24, 2.45) is 18.5 Å². The van der Waals surface area contributed by atoms with Gasteiger partial charge >= 0.3 is 0 Å². The fraction of sp³-hybridized carbons (Fsp3) is 0.316. The van der Waals surface area contributed by atoms with Gasteiger partial charge in [0.1, 0.15) is 29.1 Å². The number of nitrogens with two attached hydrogens (primary N) is 2. The summed E-state index contributed by atoms with van der Waals surface area (Å²) in [5.74, 6) is -0.432. The first kappa shape index (κ1) is 18.1. The second-order valence-electron chi connectivity index (χ2n) is 6.88. The van der Waals surface area contributed by atoms with Crippen LogP contribution in [0.4, 0.5) is 0 Å². The molecule has 0 spiro atoms. The topological polar surface area (TPSA) is 136 Å². The average Bonchev–Trinajstić information content (AvgIpc) is 3.14. The van der Waals surface area contributed by atoms with Crippen LogP contribution in [0.2, 0.25) is 0 Å². The predicted molar refractivity (Wildman–Crippen MR) is 98.7 cm³/mol. The van der Waals surface area contributed by atoms with Crippen LogP contribution in [-0.4, -0.2) is 34.8 Å². The Hall–Kier alpha value is -3.33. The molecule has 3 aromatic rings. The van der Waals surface area contributed by atoms with Crippen LogP contribution in [0.1, 0.15) is 27.4 Å². The summed E-state index contributed by atoms with van der Waals surface area (Å²) in [5.41, 5.74) is 12.2. The largest absolute Gasteiger partial charge is 0.487 e. The molecule has 0 unspecified atom stereocenters. The van der Waals surface area contributed by atoms with E-state index in [4.69, 9.17) is 25.4 Å². The quantitative estimate of drug-likeness (QED) is 0.648. The second-order valence-corrected chi connectivity index (χ2v) is 6.88. The van der Waals surface area contributed by atoms with Gasteiger partial charge in [0.05, 0.1) is 24.5 Å². The van der Waals surface area contributed by atoms with E-state index < -0.39 is 17.2 Å². The number of rotatable bonds is 6. The van der Waals surface area contributed by atoms with Crippen LogP contribution < -0.4 is 16.2 Å². The molecule has 28 heavy (non-hydrogen) atoms. The molecule has 0 bridgehead atoms. The highest BCUT2D eigenvalue weighted by Gasteiger charge is 2.50. The molecule has 146 valence electrons. The lowest BCUT2D eigenvalue weighted by molar-refractivity contribution is -0.141. The molecule has 1 aliphatic heterocycles. The number of primary amides is 2. The lowest BCUT2D eigenvalue weighted by atomic mass is 9.75. The molecule has 0 aliphatic carbocycles. The third kappa shape index (κ3) is 2.55. The van der Waals surface area contributed by atoms with E-state index in [0.717, 1.165) is 5.69 Å². The zero-order valence-corrected chi connectivity index (χ0v) is 15.5. The smallest absolute Gasteiger partial charge is 0.252 e. The first-order chi connectivity index (χ1) is 13.3. The normalized spacial score (nSPS) is 15.4. The minimum absolute atomic E-state index is 0.0892. The number of furan rings is 1. The minimum atomic E-state index is -1.12. The Bertz CT molecular complexity index is 1090. The molecule has 2 aromatic heterocycles. The molecule has 0 atom stereocenters. The molecule has 4 N–H and O–H groups in total. The van der Waals surface area contributed by atoms with Gasteiger partial charge in [0.2, 0.25) is 5.91 Å². The summed E-state index contributed by atoms with van der Waals surface area (Å²) in [6, 6.07) is 5.21. The average molecular weight is 384 g/mol. The molecule has 0 saturated carbocycles. The van der Waals surface area contributed by atoms with E-state index in [1.165, 1.54) is 0 Å². The lowest BCUT2D eigenvalue weighted by Gasteiger charge is -2.40. The molecule has 3 heterocycles. The molecule has 2 amide bonds. The Morgan fingerprint density at radius 2 is 2.04 bits per heavy atom. The highest BCUT2D eigenvalue weighted by atomic mass is 16.5. The number of ether oxygens (including phenoxy) is 2. The number of benzene rings is 1. The Balaban J connectivity index is 1.93. The first-order valence-corrected chi connectivity index (χ1v) is 8.69.